The number of ether oxygens (including phenoxy) is 1. The number of alkyl halides is 3. The van der Waals surface area contributed by atoms with Crippen molar-refractivity contribution in [2.75, 3.05) is 13.2 Å². The summed E-state index contributed by atoms with van der Waals surface area (Å²) in [7, 11) is 0. The minimum Gasteiger partial charge on any atom is -0.494 e. The monoisotopic (exact) mass is 459 g/mol. The van der Waals surface area contributed by atoms with E-state index in [-0.39, 0.29) is 24.8 Å². The molecule has 3 aromatic rings. The summed E-state index contributed by atoms with van der Waals surface area (Å²) in [6, 6.07) is 12.2. The molecule has 2 aromatic carbocycles. The van der Waals surface area contributed by atoms with Crippen molar-refractivity contribution in [2.24, 2.45) is 0 Å². The third-order valence-electron chi connectivity index (χ3n) is 5.54. The highest BCUT2D eigenvalue weighted by atomic mass is 19.4. The van der Waals surface area contributed by atoms with Crippen LogP contribution in [0.15, 0.2) is 53.1 Å². The molecule has 0 radical (unpaired) electrons. The standard InChI is InChI=1S/C24H24F3N3O3/c1-2-3-12-32-20-10-6-17(7-11-20)23-28-22(29-33-23)18-13-21(31)30(15-18)14-16-4-8-19(9-5-16)24(25,26)27/h4-11,18H,2-3,12-15H2,1H3. The van der Waals surface area contributed by atoms with Crippen LogP contribution < -0.4 is 4.74 Å². The number of likely N-dealkylation sites (tertiary alicyclic amines) is 1. The molecule has 1 aliphatic rings. The summed E-state index contributed by atoms with van der Waals surface area (Å²) in [5.41, 5.74) is 0.673. The summed E-state index contributed by atoms with van der Waals surface area (Å²) < 4.78 is 49.3. The quantitative estimate of drug-likeness (QED) is 0.419. The van der Waals surface area contributed by atoms with Gasteiger partial charge in [0, 0.05) is 31.0 Å². The summed E-state index contributed by atoms with van der Waals surface area (Å²) in [4.78, 5) is 18.5. The molecule has 1 amide bonds. The number of amides is 1. The average Bonchev–Trinajstić information content (AvgIpc) is 3.42. The number of carbonyl (C=O) groups is 1. The molecular formula is C24H24F3N3O3. The van der Waals surface area contributed by atoms with Crippen LogP contribution in [0.4, 0.5) is 13.2 Å². The lowest BCUT2D eigenvalue weighted by atomic mass is 10.1. The van der Waals surface area contributed by atoms with Crippen LogP contribution in [0.25, 0.3) is 11.5 Å². The number of halogens is 3. The zero-order valence-electron chi connectivity index (χ0n) is 18.1. The molecule has 33 heavy (non-hydrogen) atoms. The number of aromatic nitrogens is 2. The van der Waals surface area contributed by atoms with E-state index in [0.717, 1.165) is 36.3 Å². The summed E-state index contributed by atoms with van der Waals surface area (Å²) in [5.74, 6) is 1.24. The number of carbonyl (C=O) groups excluding carboxylic acids is 1. The van der Waals surface area contributed by atoms with Crippen molar-refractivity contribution in [1.29, 1.82) is 0 Å². The number of rotatable bonds is 8. The summed E-state index contributed by atoms with van der Waals surface area (Å²) in [5, 5.41) is 4.05. The fraction of sp³-hybridized carbons (Fsp3) is 0.375. The molecule has 4 rings (SSSR count). The smallest absolute Gasteiger partial charge is 0.416 e. The molecule has 174 valence electrons. The van der Waals surface area contributed by atoms with E-state index in [0.29, 0.717) is 30.4 Å². The Morgan fingerprint density at radius 3 is 2.52 bits per heavy atom. The van der Waals surface area contributed by atoms with Crippen LogP contribution in [0.2, 0.25) is 0 Å². The Kier molecular flexibility index (Phi) is 6.67. The van der Waals surface area contributed by atoms with Gasteiger partial charge in [0.15, 0.2) is 5.82 Å². The van der Waals surface area contributed by atoms with Gasteiger partial charge < -0.3 is 14.2 Å². The first-order valence-electron chi connectivity index (χ1n) is 10.8. The van der Waals surface area contributed by atoms with E-state index >= 15 is 0 Å². The zero-order valence-corrected chi connectivity index (χ0v) is 18.1. The molecule has 1 fully saturated rings. The molecule has 2 heterocycles. The Labute approximate surface area is 189 Å². The van der Waals surface area contributed by atoms with Gasteiger partial charge in [0.2, 0.25) is 5.91 Å². The zero-order chi connectivity index (χ0) is 23.4. The molecule has 1 saturated heterocycles. The van der Waals surface area contributed by atoms with Crippen molar-refractivity contribution < 1.29 is 27.2 Å². The number of unbranched alkanes of at least 4 members (excludes halogenated alkanes) is 1. The topological polar surface area (TPSA) is 68.5 Å². The highest BCUT2D eigenvalue weighted by molar-refractivity contribution is 5.79. The summed E-state index contributed by atoms with van der Waals surface area (Å²) in [6.45, 7) is 3.38. The molecule has 0 bridgehead atoms. The second-order valence-corrected chi connectivity index (χ2v) is 8.05. The Hall–Kier alpha value is -3.36. The SMILES string of the molecule is CCCCOc1ccc(-c2nc(C3CC(=O)N(Cc4ccc(C(F)(F)F)cc4)C3)no2)cc1. The average molecular weight is 459 g/mol. The van der Waals surface area contributed by atoms with Crippen molar-refractivity contribution in [2.45, 2.75) is 44.8 Å². The molecule has 1 aliphatic heterocycles. The molecule has 1 atom stereocenters. The fourth-order valence-electron chi connectivity index (χ4n) is 3.66. The molecule has 0 saturated carbocycles. The Balaban J connectivity index is 1.37. The van der Waals surface area contributed by atoms with Gasteiger partial charge in [-0.1, -0.05) is 30.6 Å². The van der Waals surface area contributed by atoms with Crippen LogP contribution in [0.5, 0.6) is 5.75 Å². The van der Waals surface area contributed by atoms with E-state index < -0.39 is 11.7 Å². The molecule has 6 nitrogen and oxygen atoms in total. The Bertz CT molecular complexity index is 1080. The highest BCUT2D eigenvalue weighted by Gasteiger charge is 2.34. The number of hydrogen-bond acceptors (Lipinski definition) is 5. The van der Waals surface area contributed by atoms with E-state index in [9.17, 15) is 18.0 Å². The van der Waals surface area contributed by atoms with E-state index in [1.807, 2.05) is 24.3 Å². The lowest BCUT2D eigenvalue weighted by molar-refractivity contribution is -0.137. The van der Waals surface area contributed by atoms with Crippen molar-refractivity contribution in [1.82, 2.24) is 15.0 Å². The van der Waals surface area contributed by atoms with Crippen LogP contribution in [0.1, 0.15) is 49.1 Å². The lowest BCUT2D eigenvalue weighted by Crippen LogP contribution is -2.24. The van der Waals surface area contributed by atoms with E-state index in [4.69, 9.17) is 9.26 Å². The number of hydrogen-bond donors (Lipinski definition) is 0. The maximum atomic E-state index is 12.7. The minimum atomic E-state index is -4.38. The summed E-state index contributed by atoms with van der Waals surface area (Å²) >= 11 is 0. The first-order chi connectivity index (χ1) is 15.8. The molecule has 1 aromatic heterocycles. The molecule has 0 spiro atoms. The van der Waals surface area contributed by atoms with Crippen molar-refractivity contribution >= 4 is 5.91 Å². The van der Waals surface area contributed by atoms with Crippen molar-refractivity contribution in [3.8, 4) is 17.2 Å². The second kappa shape index (κ2) is 9.64. The van der Waals surface area contributed by atoms with Crippen LogP contribution >= 0.6 is 0 Å². The van der Waals surface area contributed by atoms with Gasteiger partial charge in [-0.3, -0.25) is 4.79 Å². The van der Waals surface area contributed by atoms with Gasteiger partial charge in [0.1, 0.15) is 5.75 Å². The first kappa shape index (κ1) is 22.8. The van der Waals surface area contributed by atoms with E-state index in [2.05, 4.69) is 17.1 Å². The van der Waals surface area contributed by atoms with Gasteiger partial charge >= 0.3 is 6.18 Å². The largest absolute Gasteiger partial charge is 0.494 e. The van der Waals surface area contributed by atoms with Crippen LogP contribution in [0.3, 0.4) is 0 Å². The maximum absolute atomic E-state index is 12.7. The molecule has 0 aliphatic carbocycles. The van der Waals surface area contributed by atoms with Gasteiger partial charge in [0.05, 0.1) is 12.2 Å². The fourth-order valence-corrected chi connectivity index (χ4v) is 3.66. The third-order valence-corrected chi connectivity index (χ3v) is 5.54. The van der Waals surface area contributed by atoms with Gasteiger partial charge in [0.25, 0.3) is 5.89 Å². The van der Waals surface area contributed by atoms with Gasteiger partial charge in [-0.05, 0) is 48.4 Å². The van der Waals surface area contributed by atoms with Crippen molar-refractivity contribution in [3.05, 3.63) is 65.5 Å². The molecule has 0 N–H and O–H groups in total. The Morgan fingerprint density at radius 2 is 1.85 bits per heavy atom. The highest BCUT2D eigenvalue weighted by Crippen LogP contribution is 2.31. The van der Waals surface area contributed by atoms with E-state index in [1.54, 1.807) is 4.90 Å². The van der Waals surface area contributed by atoms with Crippen LogP contribution in [-0.2, 0) is 17.5 Å². The van der Waals surface area contributed by atoms with Crippen molar-refractivity contribution in [3.63, 3.8) is 0 Å². The summed E-state index contributed by atoms with van der Waals surface area (Å²) in [6.07, 6.45) is -2.10. The van der Waals surface area contributed by atoms with E-state index in [1.165, 1.54) is 12.1 Å². The van der Waals surface area contributed by atoms with Gasteiger partial charge in [-0.25, -0.2) is 0 Å². The minimum absolute atomic E-state index is 0.0974. The number of nitrogens with zero attached hydrogens (tertiary/aromatic N) is 3. The van der Waals surface area contributed by atoms with Gasteiger partial charge in [-0.15, -0.1) is 0 Å². The van der Waals surface area contributed by atoms with Gasteiger partial charge in [-0.2, -0.15) is 18.2 Å². The molecule has 1 unspecified atom stereocenters. The Morgan fingerprint density at radius 1 is 1.12 bits per heavy atom. The molecule has 9 heteroatoms. The normalized spacial score (nSPS) is 16.4. The molecular weight excluding hydrogens is 435 g/mol. The lowest BCUT2D eigenvalue weighted by Gasteiger charge is -2.16. The predicted octanol–water partition coefficient (Wildman–Crippen LogP) is 5.45. The third kappa shape index (κ3) is 5.53. The maximum Gasteiger partial charge on any atom is 0.416 e. The number of benzene rings is 2. The second-order valence-electron chi connectivity index (χ2n) is 8.05. The van der Waals surface area contributed by atoms with Crippen LogP contribution in [-0.4, -0.2) is 34.1 Å². The van der Waals surface area contributed by atoms with Crippen LogP contribution in [0, 0.1) is 0 Å². The first-order valence-corrected chi connectivity index (χ1v) is 10.8. The predicted molar refractivity (Wildman–Crippen MR) is 114 cm³/mol.